The summed E-state index contributed by atoms with van der Waals surface area (Å²) in [5.74, 6) is 0. The molecule has 3 heteroatoms. The van der Waals surface area contributed by atoms with E-state index in [1.54, 1.807) is 0 Å². The lowest BCUT2D eigenvalue weighted by Gasteiger charge is -2.26. The van der Waals surface area contributed by atoms with Gasteiger partial charge in [0, 0.05) is 48.0 Å². The second-order valence-electron chi connectivity index (χ2n) is 14.1. The Kier molecular flexibility index (Phi) is 7.39. The number of nitrogens with zero attached hydrogens (tertiary/aromatic N) is 1. The van der Waals surface area contributed by atoms with E-state index in [0.717, 1.165) is 50.1 Å². The van der Waals surface area contributed by atoms with Gasteiger partial charge in [0.25, 0.3) is 0 Å². The van der Waals surface area contributed by atoms with Gasteiger partial charge in [-0.05, 0) is 105 Å². The molecule has 258 valence electrons. The Morgan fingerprint density at radius 1 is 0.345 bits per heavy atom. The van der Waals surface area contributed by atoms with Crippen LogP contribution in [0.1, 0.15) is 0 Å². The maximum Gasteiger partial charge on any atom is 0.136 e. The van der Waals surface area contributed by atoms with E-state index in [9.17, 15) is 0 Å². The van der Waals surface area contributed by atoms with E-state index >= 15 is 0 Å². The van der Waals surface area contributed by atoms with Crippen LogP contribution in [-0.2, 0) is 0 Å². The van der Waals surface area contributed by atoms with E-state index in [1.165, 1.54) is 53.2 Å². The number of furan rings is 1. The van der Waals surface area contributed by atoms with Gasteiger partial charge in [-0.15, -0.1) is 11.3 Å². The Morgan fingerprint density at radius 2 is 0.964 bits per heavy atom. The molecule has 0 aliphatic rings. The lowest BCUT2D eigenvalue weighted by Crippen LogP contribution is -2.09. The number of rotatable bonds is 6. The summed E-state index contributed by atoms with van der Waals surface area (Å²) in [7, 11) is 0. The molecule has 2 nitrogen and oxygen atoms in total. The van der Waals surface area contributed by atoms with Crippen molar-refractivity contribution < 1.29 is 4.42 Å². The van der Waals surface area contributed by atoms with Crippen LogP contribution in [0.15, 0.2) is 205 Å². The lowest BCUT2D eigenvalue weighted by atomic mass is 9.94. The maximum absolute atomic E-state index is 6.54. The largest absolute Gasteiger partial charge is 0.456 e. The summed E-state index contributed by atoms with van der Waals surface area (Å²) in [4.78, 5) is 2.38. The fourth-order valence-corrected chi connectivity index (χ4v) is 9.37. The number of thiophene rings is 1. The summed E-state index contributed by atoms with van der Waals surface area (Å²) in [5, 5.41) is 7.29. The molecule has 0 saturated carbocycles. The van der Waals surface area contributed by atoms with Crippen LogP contribution in [0.4, 0.5) is 17.1 Å². The molecule has 0 bridgehead atoms. The molecular weight excluding hydrogens is 687 g/mol. The SMILES string of the molecule is c1ccc(-c2cccc(N(c3ccc(-c4cccc5oc6ccc7ccc(-c8ccccc8)cc7c6c45)cc3)c3ccc4c(c3)sc3ccccc34)c2)cc1. The molecule has 0 spiro atoms. The molecule has 2 aromatic heterocycles. The van der Waals surface area contributed by atoms with Gasteiger partial charge in [0.15, 0.2) is 0 Å². The zero-order valence-corrected chi connectivity index (χ0v) is 30.6. The molecule has 0 unspecified atom stereocenters. The second-order valence-corrected chi connectivity index (χ2v) is 15.2. The maximum atomic E-state index is 6.54. The highest BCUT2D eigenvalue weighted by atomic mass is 32.1. The number of hydrogen-bond donors (Lipinski definition) is 0. The monoisotopic (exact) mass is 719 g/mol. The van der Waals surface area contributed by atoms with Crippen LogP contribution >= 0.6 is 11.3 Å². The molecule has 9 aromatic carbocycles. The second kappa shape index (κ2) is 12.9. The molecular formula is C52H33NOS. The van der Waals surface area contributed by atoms with Crippen molar-refractivity contribution in [3.8, 4) is 33.4 Å². The molecule has 0 aliphatic carbocycles. The molecule has 0 atom stereocenters. The Balaban J connectivity index is 1.06. The fourth-order valence-electron chi connectivity index (χ4n) is 8.23. The number of benzene rings is 9. The molecule has 11 rings (SSSR count). The van der Waals surface area contributed by atoms with Crippen LogP contribution in [0.25, 0.3) is 86.3 Å². The third kappa shape index (κ3) is 5.40. The van der Waals surface area contributed by atoms with Crippen LogP contribution < -0.4 is 4.90 Å². The summed E-state index contributed by atoms with van der Waals surface area (Å²) in [6.45, 7) is 0. The molecule has 0 amide bonds. The van der Waals surface area contributed by atoms with Gasteiger partial charge in [0.1, 0.15) is 11.2 Å². The lowest BCUT2D eigenvalue weighted by molar-refractivity contribution is 0.669. The van der Waals surface area contributed by atoms with Gasteiger partial charge in [0.05, 0.1) is 0 Å². The minimum Gasteiger partial charge on any atom is -0.456 e. The van der Waals surface area contributed by atoms with Gasteiger partial charge >= 0.3 is 0 Å². The van der Waals surface area contributed by atoms with Crippen LogP contribution in [0, 0.1) is 0 Å². The van der Waals surface area contributed by atoms with Gasteiger partial charge in [-0.25, -0.2) is 0 Å². The first-order valence-electron chi connectivity index (χ1n) is 18.7. The first-order valence-corrected chi connectivity index (χ1v) is 19.5. The molecule has 0 saturated heterocycles. The highest BCUT2D eigenvalue weighted by Crippen LogP contribution is 2.44. The van der Waals surface area contributed by atoms with E-state index in [-0.39, 0.29) is 0 Å². The average Bonchev–Trinajstić information content (AvgIpc) is 3.83. The van der Waals surface area contributed by atoms with Gasteiger partial charge in [-0.2, -0.15) is 0 Å². The highest BCUT2D eigenvalue weighted by Gasteiger charge is 2.19. The van der Waals surface area contributed by atoms with Crippen molar-refractivity contribution in [3.63, 3.8) is 0 Å². The van der Waals surface area contributed by atoms with Crippen molar-refractivity contribution in [2.75, 3.05) is 4.90 Å². The summed E-state index contributed by atoms with van der Waals surface area (Å²) in [6, 6.07) is 72.1. The molecule has 2 heterocycles. The van der Waals surface area contributed by atoms with Crippen molar-refractivity contribution in [2.24, 2.45) is 0 Å². The van der Waals surface area contributed by atoms with E-state index < -0.39 is 0 Å². The Hall–Kier alpha value is -6.94. The van der Waals surface area contributed by atoms with Crippen LogP contribution in [0.3, 0.4) is 0 Å². The number of fused-ring (bicyclic) bond motifs is 8. The standard InChI is InChI=1S/C52H33NOS/c1-3-11-34(12-4-1)38-15-9-16-41(31-38)53(42-28-29-45-44-17-7-8-20-49(44)55-50(45)33-42)40-26-23-36(24-27-40)43-18-10-19-47-51(43)52-46-32-39(35-13-5-2-6-14-35)22-21-37(46)25-30-48(52)54-47/h1-33H. The molecule has 0 aliphatic heterocycles. The molecule has 0 radical (unpaired) electrons. The quantitative estimate of drug-likeness (QED) is 0.170. The smallest absolute Gasteiger partial charge is 0.136 e. The Morgan fingerprint density at radius 3 is 1.78 bits per heavy atom. The first kappa shape index (κ1) is 31.6. The van der Waals surface area contributed by atoms with Gasteiger partial charge in [-0.3, -0.25) is 0 Å². The number of anilines is 3. The van der Waals surface area contributed by atoms with Crippen LogP contribution in [-0.4, -0.2) is 0 Å². The van der Waals surface area contributed by atoms with E-state index in [2.05, 4.69) is 205 Å². The zero-order chi connectivity index (χ0) is 36.3. The summed E-state index contributed by atoms with van der Waals surface area (Å²) >= 11 is 1.85. The van der Waals surface area contributed by atoms with Crippen molar-refractivity contribution in [1.82, 2.24) is 0 Å². The van der Waals surface area contributed by atoms with Gasteiger partial charge in [0.2, 0.25) is 0 Å². The molecule has 0 fully saturated rings. The van der Waals surface area contributed by atoms with Gasteiger partial charge < -0.3 is 9.32 Å². The van der Waals surface area contributed by atoms with Crippen molar-refractivity contribution in [3.05, 3.63) is 200 Å². The summed E-state index contributed by atoms with van der Waals surface area (Å²) in [6.07, 6.45) is 0. The predicted octanol–water partition coefficient (Wildman–Crippen LogP) is 15.6. The number of hydrogen-bond acceptors (Lipinski definition) is 3. The fraction of sp³-hybridized carbons (Fsp3) is 0. The summed E-state index contributed by atoms with van der Waals surface area (Å²) < 4.78 is 9.13. The minimum absolute atomic E-state index is 0.894. The van der Waals surface area contributed by atoms with Gasteiger partial charge in [-0.1, -0.05) is 140 Å². The van der Waals surface area contributed by atoms with Crippen LogP contribution in [0.5, 0.6) is 0 Å². The highest BCUT2D eigenvalue weighted by molar-refractivity contribution is 7.25. The molecule has 0 N–H and O–H groups in total. The normalized spacial score (nSPS) is 11.6. The Labute approximate surface area is 322 Å². The Bertz CT molecular complexity index is 3190. The van der Waals surface area contributed by atoms with Crippen molar-refractivity contribution in [1.29, 1.82) is 0 Å². The van der Waals surface area contributed by atoms with E-state index in [0.29, 0.717) is 0 Å². The van der Waals surface area contributed by atoms with E-state index in [4.69, 9.17) is 4.42 Å². The molecule has 11 aromatic rings. The third-order valence-corrected chi connectivity index (χ3v) is 12.0. The predicted molar refractivity (Wildman–Crippen MR) is 235 cm³/mol. The first-order chi connectivity index (χ1) is 27.2. The van der Waals surface area contributed by atoms with Crippen LogP contribution in [0.2, 0.25) is 0 Å². The topological polar surface area (TPSA) is 16.4 Å². The van der Waals surface area contributed by atoms with E-state index in [1.807, 2.05) is 11.3 Å². The third-order valence-electron chi connectivity index (χ3n) is 10.9. The molecule has 55 heavy (non-hydrogen) atoms. The zero-order valence-electron chi connectivity index (χ0n) is 29.8. The van der Waals surface area contributed by atoms with Crippen molar-refractivity contribution in [2.45, 2.75) is 0 Å². The minimum atomic E-state index is 0.894. The average molecular weight is 720 g/mol. The summed E-state index contributed by atoms with van der Waals surface area (Å²) in [5.41, 5.74) is 12.2. The van der Waals surface area contributed by atoms with Crippen molar-refractivity contribution >= 4 is 81.3 Å².